The highest BCUT2D eigenvalue weighted by atomic mass is 35.5. The van der Waals surface area contributed by atoms with E-state index in [0.717, 1.165) is 17.7 Å². The van der Waals surface area contributed by atoms with E-state index in [1.54, 1.807) is 6.07 Å². The Bertz CT molecular complexity index is 523. The molecule has 0 aliphatic carbocycles. The molecule has 0 aliphatic rings. The summed E-state index contributed by atoms with van der Waals surface area (Å²) in [7, 11) is 0. The van der Waals surface area contributed by atoms with Crippen LogP contribution in [0.25, 0.3) is 0 Å². The largest absolute Gasteiger partial charge is 0.489 e. The van der Waals surface area contributed by atoms with Crippen LogP contribution in [0.4, 0.5) is 5.69 Å². The Kier molecular flexibility index (Phi) is 4.11. The Hall–Kier alpha value is -1.67. The van der Waals surface area contributed by atoms with E-state index in [2.05, 4.69) is 19.1 Å². The summed E-state index contributed by atoms with van der Waals surface area (Å²) in [4.78, 5) is 0. The van der Waals surface area contributed by atoms with Crippen LogP contribution in [-0.2, 0) is 13.0 Å². The van der Waals surface area contributed by atoms with Gasteiger partial charge in [-0.15, -0.1) is 0 Å². The maximum atomic E-state index is 6.08. The Labute approximate surface area is 112 Å². The first-order valence-electron chi connectivity index (χ1n) is 5.94. The Morgan fingerprint density at radius 2 is 1.83 bits per heavy atom. The molecule has 18 heavy (non-hydrogen) atoms. The lowest BCUT2D eigenvalue weighted by atomic mass is 10.2. The van der Waals surface area contributed by atoms with Gasteiger partial charge in [0.1, 0.15) is 12.4 Å². The monoisotopic (exact) mass is 261 g/mol. The van der Waals surface area contributed by atoms with Gasteiger partial charge in [0.05, 0.1) is 0 Å². The SMILES string of the molecule is CCc1ccc(OCc2ccc(N)cc2Cl)cc1. The fourth-order valence-corrected chi connectivity index (χ4v) is 1.91. The summed E-state index contributed by atoms with van der Waals surface area (Å²) in [5.41, 5.74) is 8.54. The van der Waals surface area contributed by atoms with E-state index < -0.39 is 0 Å². The van der Waals surface area contributed by atoms with Gasteiger partial charge in [0, 0.05) is 16.3 Å². The summed E-state index contributed by atoms with van der Waals surface area (Å²) in [5.74, 6) is 0.847. The van der Waals surface area contributed by atoms with E-state index in [1.165, 1.54) is 5.56 Å². The molecule has 94 valence electrons. The van der Waals surface area contributed by atoms with Crippen molar-refractivity contribution < 1.29 is 4.74 Å². The van der Waals surface area contributed by atoms with Gasteiger partial charge in [0.2, 0.25) is 0 Å². The van der Waals surface area contributed by atoms with Crippen molar-refractivity contribution in [3.63, 3.8) is 0 Å². The van der Waals surface area contributed by atoms with Gasteiger partial charge in [0.25, 0.3) is 0 Å². The first-order valence-corrected chi connectivity index (χ1v) is 6.32. The molecule has 2 aromatic carbocycles. The molecule has 2 N–H and O–H groups in total. The Balaban J connectivity index is 2.02. The second-order valence-corrected chi connectivity index (χ2v) is 4.54. The van der Waals surface area contributed by atoms with E-state index in [0.29, 0.717) is 17.3 Å². The number of nitrogen functional groups attached to an aromatic ring is 1. The molecular formula is C15H16ClNO. The lowest BCUT2D eigenvalue weighted by Crippen LogP contribution is -1.97. The van der Waals surface area contributed by atoms with Crippen molar-refractivity contribution >= 4 is 17.3 Å². The number of hydrogen-bond donors (Lipinski definition) is 1. The molecule has 0 bridgehead atoms. The Morgan fingerprint density at radius 3 is 2.44 bits per heavy atom. The van der Waals surface area contributed by atoms with Crippen LogP contribution in [0.1, 0.15) is 18.1 Å². The summed E-state index contributed by atoms with van der Waals surface area (Å²) in [6, 6.07) is 13.5. The second-order valence-electron chi connectivity index (χ2n) is 4.14. The zero-order valence-electron chi connectivity index (χ0n) is 10.3. The average Bonchev–Trinajstić information content (AvgIpc) is 2.38. The molecule has 0 spiro atoms. The number of anilines is 1. The Morgan fingerprint density at radius 1 is 1.11 bits per heavy atom. The minimum absolute atomic E-state index is 0.449. The zero-order chi connectivity index (χ0) is 13.0. The van der Waals surface area contributed by atoms with Gasteiger partial charge in [-0.1, -0.05) is 36.7 Å². The third-order valence-corrected chi connectivity index (χ3v) is 3.15. The summed E-state index contributed by atoms with van der Waals surface area (Å²) in [6.07, 6.45) is 1.03. The molecule has 0 amide bonds. The van der Waals surface area contributed by atoms with Crippen molar-refractivity contribution in [3.8, 4) is 5.75 Å². The van der Waals surface area contributed by atoms with Crippen LogP contribution in [0.5, 0.6) is 5.75 Å². The average molecular weight is 262 g/mol. The van der Waals surface area contributed by atoms with Gasteiger partial charge in [-0.25, -0.2) is 0 Å². The third kappa shape index (κ3) is 3.17. The van der Waals surface area contributed by atoms with Crippen molar-refractivity contribution in [2.24, 2.45) is 0 Å². The fraction of sp³-hybridized carbons (Fsp3) is 0.200. The van der Waals surface area contributed by atoms with Crippen LogP contribution < -0.4 is 10.5 Å². The summed E-state index contributed by atoms with van der Waals surface area (Å²) < 4.78 is 5.69. The molecule has 0 fully saturated rings. The van der Waals surface area contributed by atoms with E-state index in [-0.39, 0.29) is 0 Å². The molecule has 2 rings (SSSR count). The third-order valence-electron chi connectivity index (χ3n) is 2.80. The van der Waals surface area contributed by atoms with Gasteiger partial charge < -0.3 is 10.5 Å². The van der Waals surface area contributed by atoms with E-state index in [9.17, 15) is 0 Å². The first-order chi connectivity index (χ1) is 8.69. The molecule has 2 aromatic rings. The van der Waals surface area contributed by atoms with Crippen molar-refractivity contribution in [1.29, 1.82) is 0 Å². The minimum atomic E-state index is 0.449. The van der Waals surface area contributed by atoms with Gasteiger partial charge in [-0.05, 0) is 36.2 Å². The molecule has 3 heteroatoms. The molecule has 0 aliphatic heterocycles. The van der Waals surface area contributed by atoms with Crippen LogP contribution in [0.2, 0.25) is 5.02 Å². The predicted octanol–water partition coefficient (Wildman–Crippen LogP) is 4.06. The topological polar surface area (TPSA) is 35.2 Å². The highest BCUT2D eigenvalue weighted by molar-refractivity contribution is 6.31. The summed E-state index contributed by atoms with van der Waals surface area (Å²) in [6.45, 7) is 2.58. The number of aryl methyl sites for hydroxylation is 1. The van der Waals surface area contributed by atoms with E-state index >= 15 is 0 Å². The van der Waals surface area contributed by atoms with Crippen molar-refractivity contribution in [2.45, 2.75) is 20.0 Å². The maximum absolute atomic E-state index is 6.08. The smallest absolute Gasteiger partial charge is 0.119 e. The molecule has 0 atom stereocenters. The lowest BCUT2D eigenvalue weighted by molar-refractivity contribution is 0.306. The first kappa shape index (κ1) is 12.8. The van der Waals surface area contributed by atoms with Crippen LogP contribution >= 0.6 is 11.6 Å². The molecule has 0 aromatic heterocycles. The molecule has 0 saturated carbocycles. The number of nitrogens with two attached hydrogens (primary N) is 1. The minimum Gasteiger partial charge on any atom is -0.489 e. The van der Waals surface area contributed by atoms with Gasteiger partial charge in [-0.3, -0.25) is 0 Å². The van der Waals surface area contributed by atoms with Crippen molar-refractivity contribution in [2.75, 3.05) is 5.73 Å². The highest BCUT2D eigenvalue weighted by Crippen LogP contribution is 2.21. The normalized spacial score (nSPS) is 10.3. The highest BCUT2D eigenvalue weighted by Gasteiger charge is 2.02. The summed E-state index contributed by atoms with van der Waals surface area (Å²) in [5, 5.41) is 0.639. The molecule has 0 saturated heterocycles. The number of benzene rings is 2. The van der Waals surface area contributed by atoms with Crippen molar-refractivity contribution in [3.05, 3.63) is 58.6 Å². The zero-order valence-corrected chi connectivity index (χ0v) is 11.1. The van der Waals surface area contributed by atoms with Crippen LogP contribution in [0.3, 0.4) is 0 Å². The molecule has 0 heterocycles. The predicted molar refractivity (Wildman–Crippen MR) is 76.0 cm³/mol. The molecule has 0 radical (unpaired) electrons. The lowest BCUT2D eigenvalue weighted by Gasteiger charge is -2.08. The fourth-order valence-electron chi connectivity index (χ4n) is 1.66. The number of hydrogen-bond acceptors (Lipinski definition) is 2. The number of ether oxygens (including phenoxy) is 1. The van der Waals surface area contributed by atoms with Gasteiger partial charge in [0.15, 0.2) is 0 Å². The molecule has 0 unspecified atom stereocenters. The maximum Gasteiger partial charge on any atom is 0.119 e. The standard InChI is InChI=1S/C15H16ClNO/c1-2-11-3-7-14(8-4-11)18-10-12-5-6-13(17)9-15(12)16/h3-9H,2,10,17H2,1H3. The number of halogens is 1. The van der Waals surface area contributed by atoms with E-state index in [4.69, 9.17) is 22.1 Å². The van der Waals surface area contributed by atoms with Crippen LogP contribution in [0.15, 0.2) is 42.5 Å². The van der Waals surface area contributed by atoms with Gasteiger partial charge in [-0.2, -0.15) is 0 Å². The van der Waals surface area contributed by atoms with Crippen molar-refractivity contribution in [1.82, 2.24) is 0 Å². The van der Waals surface area contributed by atoms with Crippen LogP contribution in [-0.4, -0.2) is 0 Å². The van der Waals surface area contributed by atoms with Crippen LogP contribution in [0, 0.1) is 0 Å². The molecule has 2 nitrogen and oxygen atoms in total. The second kappa shape index (κ2) is 5.78. The molecular weight excluding hydrogens is 246 g/mol. The number of rotatable bonds is 4. The summed E-state index contributed by atoms with van der Waals surface area (Å²) >= 11 is 6.08. The van der Waals surface area contributed by atoms with E-state index in [1.807, 2.05) is 24.3 Å². The van der Waals surface area contributed by atoms with Gasteiger partial charge >= 0.3 is 0 Å². The quantitative estimate of drug-likeness (QED) is 0.843.